The minimum atomic E-state index is -0.654. The van der Waals surface area contributed by atoms with Crippen molar-refractivity contribution in [1.82, 2.24) is 4.57 Å². The second-order valence-corrected chi connectivity index (χ2v) is 9.91. The van der Waals surface area contributed by atoms with Crippen molar-refractivity contribution in [3.05, 3.63) is 120 Å². The number of hydrogen-bond donors (Lipinski definition) is 1. The molecule has 0 radical (unpaired) electrons. The first-order valence-electron chi connectivity index (χ1n) is 12.1. The van der Waals surface area contributed by atoms with E-state index in [1.54, 1.807) is 18.8 Å². The van der Waals surface area contributed by atoms with E-state index in [2.05, 4.69) is 5.32 Å². The van der Waals surface area contributed by atoms with Crippen LogP contribution in [0.5, 0.6) is 11.5 Å². The number of fused-ring (bicyclic) bond motifs is 1. The lowest BCUT2D eigenvalue weighted by Crippen LogP contribution is -2.40. The maximum atomic E-state index is 13.8. The van der Waals surface area contributed by atoms with Gasteiger partial charge in [-0.25, -0.2) is 4.99 Å². The number of aromatic nitrogens is 1. The number of anilines is 1. The van der Waals surface area contributed by atoms with E-state index in [0.29, 0.717) is 32.0 Å². The molecule has 1 aromatic heterocycles. The van der Waals surface area contributed by atoms with Crippen molar-refractivity contribution in [2.45, 2.75) is 19.9 Å². The molecule has 192 valence electrons. The molecule has 1 aliphatic heterocycles. The summed E-state index contributed by atoms with van der Waals surface area (Å²) in [7, 11) is 3.21. The number of allylic oxidation sites excluding steroid dienone is 1. The van der Waals surface area contributed by atoms with Crippen LogP contribution in [0.3, 0.4) is 0 Å². The molecule has 7 nitrogen and oxygen atoms in total. The Morgan fingerprint density at radius 2 is 1.58 bits per heavy atom. The van der Waals surface area contributed by atoms with Crippen molar-refractivity contribution in [3.63, 3.8) is 0 Å². The highest BCUT2D eigenvalue weighted by Gasteiger charge is 2.32. The van der Waals surface area contributed by atoms with Gasteiger partial charge in [0.1, 0.15) is 11.5 Å². The molecule has 0 saturated carbocycles. The van der Waals surface area contributed by atoms with Crippen molar-refractivity contribution in [1.29, 1.82) is 0 Å². The van der Waals surface area contributed by atoms with Crippen molar-refractivity contribution in [2.75, 3.05) is 19.5 Å². The fourth-order valence-corrected chi connectivity index (χ4v) is 5.51. The summed E-state index contributed by atoms with van der Waals surface area (Å²) in [5, 5.41) is 3.03. The van der Waals surface area contributed by atoms with E-state index in [4.69, 9.17) is 14.5 Å². The van der Waals surface area contributed by atoms with Crippen LogP contribution in [0.1, 0.15) is 29.7 Å². The summed E-state index contributed by atoms with van der Waals surface area (Å²) in [5.74, 6) is 1.13. The highest BCUT2D eigenvalue weighted by Crippen LogP contribution is 2.32. The normalized spacial score (nSPS) is 15.1. The van der Waals surface area contributed by atoms with Crippen LogP contribution >= 0.6 is 11.3 Å². The van der Waals surface area contributed by atoms with E-state index in [9.17, 15) is 9.59 Å². The van der Waals surface area contributed by atoms with E-state index in [1.165, 1.54) is 11.3 Å². The summed E-state index contributed by atoms with van der Waals surface area (Å²) in [4.78, 5) is 32.8. The molecule has 3 aromatic carbocycles. The molecular weight excluding hydrogens is 498 g/mol. The van der Waals surface area contributed by atoms with Crippen LogP contribution < -0.4 is 29.7 Å². The van der Waals surface area contributed by atoms with Crippen LogP contribution in [0.2, 0.25) is 0 Å². The monoisotopic (exact) mass is 525 g/mol. The second-order valence-electron chi connectivity index (χ2n) is 8.90. The number of aryl methyl sites for hydroxylation is 1. The van der Waals surface area contributed by atoms with Gasteiger partial charge in [0.25, 0.3) is 11.5 Å². The number of nitrogens with zero attached hydrogens (tertiary/aromatic N) is 2. The molecule has 1 aliphatic rings. The van der Waals surface area contributed by atoms with Gasteiger partial charge in [0, 0.05) is 5.69 Å². The zero-order chi connectivity index (χ0) is 26.8. The summed E-state index contributed by atoms with van der Waals surface area (Å²) in [6, 6.07) is 21.8. The van der Waals surface area contributed by atoms with Gasteiger partial charge in [-0.2, -0.15) is 0 Å². The third-order valence-corrected chi connectivity index (χ3v) is 7.49. The Morgan fingerprint density at radius 3 is 2.21 bits per heavy atom. The lowest BCUT2D eigenvalue weighted by molar-refractivity contribution is -0.113. The van der Waals surface area contributed by atoms with Crippen LogP contribution in [0.15, 0.2) is 93.9 Å². The number of benzene rings is 3. The Bertz CT molecular complexity index is 1720. The fourth-order valence-electron chi connectivity index (χ4n) is 4.47. The van der Waals surface area contributed by atoms with Gasteiger partial charge in [-0.3, -0.25) is 14.2 Å². The molecule has 0 spiro atoms. The first-order valence-corrected chi connectivity index (χ1v) is 12.9. The van der Waals surface area contributed by atoms with Crippen LogP contribution in [0, 0.1) is 6.92 Å². The molecule has 0 saturated heterocycles. The van der Waals surface area contributed by atoms with Crippen molar-refractivity contribution in [2.24, 2.45) is 4.99 Å². The number of carbonyl (C=O) groups is 1. The van der Waals surface area contributed by atoms with Crippen molar-refractivity contribution < 1.29 is 14.3 Å². The van der Waals surface area contributed by atoms with Crippen molar-refractivity contribution >= 4 is 29.0 Å². The molecule has 4 aromatic rings. The van der Waals surface area contributed by atoms with Gasteiger partial charge in [0.15, 0.2) is 4.80 Å². The van der Waals surface area contributed by atoms with Gasteiger partial charge in [0.05, 0.1) is 36.1 Å². The van der Waals surface area contributed by atoms with Crippen LogP contribution in [-0.2, 0) is 4.79 Å². The molecule has 0 bridgehead atoms. The topological polar surface area (TPSA) is 81.9 Å². The van der Waals surface area contributed by atoms with E-state index in [0.717, 1.165) is 22.4 Å². The molecule has 1 N–H and O–H groups in total. The smallest absolute Gasteiger partial charge is 0.271 e. The Morgan fingerprint density at radius 1 is 0.947 bits per heavy atom. The number of carbonyl (C=O) groups excluding carboxylic acids is 1. The van der Waals surface area contributed by atoms with Crippen LogP contribution in [0.4, 0.5) is 5.69 Å². The number of nitrogens with one attached hydrogen (secondary N) is 1. The van der Waals surface area contributed by atoms with Gasteiger partial charge < -0.3 is 14.8 Å². The minimum absolute atomic E-state index is 0.209. The maximum Gasteiger partial charge on any atom is 0.271 e. The number of hydrogen-bond acceptors (Lipinski definition) is 6. The minimum Gasteiger partial charge on any atom is -0.497 e. The van der Waals surface area contributed by atoms with E-state index in [-0.39, 0.29) is 11.5 Å². The lowest BCUT2D eigenvalue weighted by atomic mass is 9.95. The third-order valence-electron chi connectivity index (χ3n) is 6.50. The number of para-hydroxylation sites is 1. The van der Waals surface area contributed by atoms with Gasteiger partial charge in [-0.1, -0.05) is 53.8 Å². The molecule has 38 heavy (non-hydrogen) atoms. The molecule has 8 heteroatoms. The maximum absolute atomic E-state index is 13.8. The number of methoxy groups -OCH3 is 2. The van der Waals surface area contributed by atoms with Gasteiger partial charge in [-0.15, -0.1) is 0 Å². The predicted molar refractivity (Wildman–Crippen MR) is 150 cm³/mol. The predicted octanol–water partition coefficient (Wildman–Crippen LogP) is 4.20. The molecule has 1 unspecified atom stereocenters. The Kier molecular flexibility index (Phi) is 6.98. The molecule has 2 heterocycles. The Balaban J connectivity index is 1.65. The summed E-state index contributed by atoms with van der Waals surface area (Å²) >= 11 is 1.30. The molecule has 0 aliphatic carbocycles. The zero-order valence-corrected chi connectivity index (χ0v) is 22.3. The standard InChI is InChI=1S/C30H27N3O4S/c1-18-7-5-6-8-24(18)32-28(34)26-19(2)31-30-33(27(26)21-11-15-23(37-4)16-12-21)29(35)25(38-30)17-20-9-13-22(36-3)14-10-20/h5-17,27H,1-4H3,(H,32,34)/b25-17-. The lowest BCUT2D eigenvalue weighted by Gasteiger charge is -2.25. The van der Waals surface area contributed by atoms with E-state index < -0.39 is 6.04 Å². The Hall–Kier alpha value is -4.43. The number of rotatable bonds is 6. The van der Waals surface area contributed by atoms with Gasteiger partial charge in [0.2, 0.25) is 0 Å². The van der Waals surface area contributed by atoms with Crippen LogP contribution in [-0.4, -0.2) is 24.7 Å². The number of thiazole rings is 1. The summed E-state index contributed by atoms with van der Waals surface area (Å²) in [6.45, 7) is 3.75. The van der Waals surface area contributed by atoms with E-state index >= 15 is 0 Å². The quantitative estimate of drug-likeness (QED) is 0.409. The summed E-state index contributed by atoms with van der Waals surface area (Å²) in [5.41, 5.74) is 4.08. The average Bonchev–Trinajstić information content (AvgIpc) is 3.23. The summed E-state index contributed by atoms with van der Waals surface area (Å²) < 4.78 is 12.7. The Labute approximate surface area is 224 Å². The molecule has 1 amide bonds. The van der Waals surface area contributed by atoms with Gasteiger partial charge in [-0.05, 0) is 66.9 Å². The summed E-state index contributed by atoms with van der Waals surface area (Å²) in [6.07, 6.45) is 1.83. The number of amides is 1. The third kappa shape index (κ3) is 4.78. The largest absolute Gasteiger partial charge is 0.497 e. The fraction of sp³-hybridized carbons (Fsp3) is 0.167. The van der Waals surface area contributed by atoms with Crippen molar-refractivity contribution in [3.8, 4) is 11.5 Å². The first-order chi connectivity index (χ1) is 18.4. The van der Waals surface area contributed by atoms with Gasteiger partial charge >= 0.3 is 0 Å². The molecule has 1 atom stereocenters. The SMILES string of the molecule is COc1ccc(/C=c2\sc3n(c2=O)C(c2ccc(OC)cc2)C(C(=O)Nc2ccccc2C)=C(C)N=3)cc1. The second kappa shape index (κ2) is 10.5. The first kappa shape index (κ1) is 25.2. The van der Waals surface area contributed by atoms with E-state index in [1.807, 2.05) is 92.7 Å². The van der Waals surface area contributed by atoms with Crippen LogP contribution in [0.25, 0.3) is 6.08 Å². The highest BCUT2D eigenvalue weighted by atomic mass is 32.1. The number of ether oxygens (including phenoxy) is 2. The molecule has 0 fully saturated rings. The average molecular weight is 526 g/mol. The molecular formula is C30H27N3O4S. The molecule has 5 rings (SSSR count). The zero-order valence-electron chi connectivity index (χ0n) is 21.5. The highest BCUT2D eigenvalue weighted by molar-refractivity contribution is 7.07.